The number of piperidine rings is 1. The summed E-state index contributed by atoms with van der Waals surface area (Å²) in [6.45, 7) is 2.20. The van der Waals surface area contributed by atoms with Gasteiger partial charge in [-0.1, -0.05) is 18.2 Å². The summed E-state index contributed by atoms with van der Waals surface area (Å²) in [4.78, 5) is 25.4. The van der Waals surface area contributed by atoms with E-state index >= 15 is 0 Å². The van der Waals surface area contributed by atoms with Crippen LogP contribution in [0, 0.1) is 0 Å². The van der Waals surface area contributed by atoms with Crippen molar-refractivity contribution in [2.45, 2.75) is 31.8 Å². The van der Waals surface area contributed by atoms with E-state index in [0.717, 1.165) is 37.4 Å². The van der Waals surface area contributed by atoms with Crippen molar-refractivity contribution in [1.29, 1.82) is 0 Å². The van der Waals surface area contributed by atoms with Gasteiger partial charge in [0.2, 0.25) is 5.91 Å². The molecule has 29 heavy (non-hydrogen) atoms. The Hall–Kier alpha value is -3.06. The average molecular weight is 397 g/mol. The van der Waals surface area contributed by atoms with E-state index in [1.807, 2.05) is 54.6 Å². The number of amides is 2. The number of hydroxylamine groups is 1. The maximum atomic E-state index is 12.2. The van der Waals surface area contributed by atoms with Gasteiger partial charge in [0.25, 0.3) is 5.91 Å². The molecule has 0 aliphatic carbocycles. The van der Waals surface area contributed by atoms with Gasteiger partial charge in [-0.15, -0.1) is 0 Å². The highest BCUT2D eigenvalue weighted by Gasteiger charge is 2.21. The topological polar surface area (TPSA) is 90.9 Å². The summed E-state index contributed by atoms with van der Waals surface area (Å²) in [5.41, 5.74) is 3.26. The summed E-state index contributed by atoms with van der Waals surface area (Å²) in [5, 5.41) is 11.2. The molecule has 7 heteroatoms. The Morgan fingerprint density at radius 2 is 1.72 bits per heavy atom. The lowest BCUT2D eigenvalue weighted by molar-refractivity contribution is -0.129. The Morgan fingerprint density at radius 1 is 1.03 bits per heavy atom. The monoisotopic (exact) mass is 397 g/mol. The molecule has 0 saturated carbocycles. The van der Waals surface area contributed by atoms with E-state index in [1.165, 1.54) is 0 Å². The van der Waals surface area contributed by atoms with E-state index in [-0.39, 0.29) is 18.4 Å². The van der Waals surface area contributed by atoms with Crippen molar-refractivity contribution >= 4 is 17.5 Å². The maximum Gasteiger partial charge on any atom is 0.251 e. The molecule has 1 saturated heterocycles. The lowest BCUT2D eigenvalue weighted by atomic mass is 10.1. The Kier molecular flexibility index (Phi) is 7.47. The van der Waals surface area contributed by atoms with Gasteiger partial charge in [0, 0.05) is 50.1 Å². The second-order valence-corrected chi connectivity index (χ2v) is 7.06. The van der Waals surface area contributed by atoms with Crippen LogP contribution in [0.25, 0.3) is 0 Å². The minimum atomic E-state index is -0.457. The molecule has 0 radical (unpaired) electrons. The van der Waals surface area contributed by atoms with E-state index in [1.54, 1.807) is 5.48 Å². The van der Waals surface area contributed by atoms with Crippen molar-refractivity contribution in [1.82, 2.24) is 10.8 Å². The fraction of sp³-hybridized carbons (Fsp3) is 0.364. The minimum Gasteiger partial charge on any atom is -0.490 e. The molecule has 1 fully saturated rings. The first-order chi connectivity index (χ1) is 14.2. The van der Waals surface area contributed by atoms with E-state index in [2.05, 4.69) is 10.2 Å². The van der Waals surface area contributed by atoms with Gasteiger partial charge in [-0.05, 0) is 42.8 Å². The van der Waals surface area contributed by atoms with Crippen molar-refractivity contribution in [2.75, 3.05) is 24.5 Å². The van der Waals surface area contributed by atoms with Crippen molar-refractivity contribution < 1.29 is 19.5 Å². The lowest BCUT2D eigenvalue weighted by Gasteiger charge is -2.33. The molecule has 2 amide bonds. The number of ether oxygens (including phenoxy) is 1. The van der Waals surface area contributed by atoms with Crippen molar-refractivity contribution in [2.24, 2.45) is 0 Å². The van der Waals surface area contributed by atoms with Crippen LogP contribution in [0.3, 0.4) is 0 Å². The van der Waals surface area contributed by atoms with Crippen LogP contribution in [-0.2, 0) is 4.79 Å². The zero-order valence-electron chi connectivity index (χ0n) is 16.3. The second-order valence-electron chi connectivity index (χ2n) is 7.06. The standard InChI is InChI=1S/C22H27N3O4/c26-21(24-28)7-4-14-23-22(27)17-8-10-18(11-9-17)25-15-12-20(13-16-25)29-19-5-2-1-3-6-19/h1-3,5-6,8-11,20,28H,4,7,12-16H2,(H,23,27)(H,24,26). The molecule has 7 nitrogen and oxygen atoms in total. The number of benzene rings is 2. The molecule has 0 aromatic heterocycles. The third-order valence-corrected chi connectivity index (χ3v) is 4.97. The quantitative estimate of drug-likeness (QED) is 0.362. The molecule has 0 bridgehead atoms. The van der Waals surface area contributed by atoms with Crippen molar-refractivity contribution in [3.05, 3.63) is 60.2 Å². The maximum absolute atomic E-state index is 12.2. The average Bonchev–Trinajstić information content (AvgIpc) is 2.77. The molecule has 1 aliphatic rings. The van der Waals surface area contributed by atoms with Gasteiger partial charge in [0.15, 0.2) is 0 Å². The van der Waals surface area contributed by atoms with Gasteiger partial charge in [-0.25, -0.2) is 5.48 Å². The van der Waals surface area contributed by atoms with E-state index in [9.17, 15) is 9.59 Å². The molecule has 0 spiro atoms. The number of hydrogen-bond donors (Lipinski definition) is 3. The number of carbonyl (C=O) groups excluding carboxylic acids is 2. The zero-order chi connectivity index (χ0) is 20.5. The zero-order valence-corrected chi connectivity index (χ0v) is 16.3. The highest BCUT2D eigenvalue weighted by Crippen LogP contribution is 2.23. The number of hydrogen-bond acceptors (Lipinski definition) is 5. The first-order valence-electron chi connectivity index (χ1n) is 9.93. The molecule has 3 N–H and O–H groups in total. The first kappa shape index (κ1) is 20.7. The molecular formula is C22H27N3O4. The van der Waals surface area contributed by atoms with Crippen LogP contribution >= 0.6 is 0 Å². The van der Waals surface area contributed by atoms with Gasteiger partial charge < -0.3 is 15.0 Å². The lowest BCUT2D eigenvalue weighted by Crippen LogP contribution is -2.38. The number of carbonyl (C=O) groups is 2. The SMILES string of the molecule is O=C(CCCNC(=O)c1ccc(N2CCC(Oc3ccccc3)CC2)cc1)NO. The van der Waals surface area contributed by atoms with Crippen LogP contribution in [0.4, 0.5) is 5.69 Å². The van der Waals surface area contributed by atoms with Crippen molar-refractivity contribution in [3.63, 3.8) is 0 Å². The summed E-state index contributed by atoms with van der Waals surface area (Å²) >= 11 is 0. The number of rotatable bonds is 8. The number of anilines is 1. The Labute approximate surface area is 170 Å². The molecule has 2 aromatic carbocycles. The summed E-state index contributed by atoms with van der Waals surface area (Å²) in [7, 11) is 0. The number of para-hydroxylation sites is 1. The van der Waals surface area contributed by atoms with Crippen LogP contribution in [-0.4, -0.2) is 42.8 Å². The number of nitrogens with zero attached hydrogens (tertiary/aromatic N) is 1. The summed E-state index contributed by atoms with van der Waals surface area (Å²) in [6.07, 6.45) is 2.78. The minimum absolute atomic E-state index is 0.166. The second kappa shape index (κ2) is 10.5. The van der Waals surface area contributed by atoms with E-state index in [0.29, 0.717) is 18.5 Å². The predicted octanol–water partition coefficient (Wildman–Crippen LogP) is 2.75. The Morgan fingerprint density at radius 3 is 2.38 bits per heavy atom. The van der Waals surface area contributed by atoms with Crippen LogP contribution < -0.4 is 20.4 Å². The van der Waals surface area contributed by atoms with E-state index in [4.69, 9.17) is 9.94 Å². The molecule has 0 unspecified atom stereocenters. The fourth-order valence-corrected chi connectivity index (χ4v) is 3.36. The van der Waals surface area contributed by atoms with Gasteiger partial charge in [0.1, 0.15) is 11.9 Å². The predicted molar refractivity (Wildman–Crippen MR) is 110 cm³/mol. The molecule has 3 rings (SSSR count). The molecular weight excluding hydrogens is 370 g/mol. The van der Waals surface area contributed by atoms with E-state index < -0.39 is 5.91 Å². The third kappa shape index (κ3) is 6.22. The van der Waals surface area contributed by atoms with Crippen LogP contribution in [0.2, 0.25) is 0 Å². The van der Waals surface area contributed by atoms with Gasteiger partial charge in [-0.2, -0.15) is 0 Å². The van der Waals surface area contributed by atoms with Crippen LogP contribution in [0.15, 0.2) is 54.6 Å². The normalized spacial score (nSPS) is 14.3. The largest absolute Gasteiger partial charge is 0.490 e. The molecule has 2 aromatic rings. The van der Waals surface area contributed by atoms with Crippen LogP contribution in [0.1, 0.15) is 36.0 Å². The fourth-order valence-electron chi connectivity index (χ4n) is 3.36. The van der Waals surface area contributed by atoms with Crippen molar-refractivity contribution in [3.8, 4) is 5.75 Å². The highest BCUT2D eigenvalue weighted by atomic mass is 16.5. The Balaban J connectivity index is 1.43. The molecule has 1 heterocycles. The Bertz CT molecular complexity index is 787. The smallest absolute Gasteiger partial charge is 0.251 e. The highest BCUT2D eigenvalue weighted by molar-refractivity contribution is 5.94. The van der Waals surface area contributed by atoms with Crippen LogP contribution in [0.5, 0.6) is 5.75 Å². The molecule has 0 atom stereocenters. The summed E-state index contributed by atoms with van der Waals surface area (Å²) < 4.78 is 6.04. The number of nitrogens with one attached hydrogen (secondary N) is 2. The summed E-state index contributed by atoms with van der Waals surface area (Å²) in [6, 6.07) is 17.5. The first-order valence-corrected chi connectivity index (χ1v) is 9.93. The van der Waals surface area contributed by atoms with Gasteiger partial charge >= 0.3 is 0 Å². The third-order valence-electron chi connectivity index (χ3n) is 4.97. The molecule has 1 aliphatic heterocycles. The molecule has 154 valence electrons. The van der Waals surface area contributed by atoms with Gasteiger partial charge in [0.05, 0.1) is 0 Å². The summed E-state index contributed by atoms with van der Waals surface area (Å²) in [5.74, 6) is 0.288. The van der Waals surface area contributed by atoms with Gasteiger partial charge in [-0.3, -0.25) is 14.8 Å².